The van der Waals surface area contributed by atoms with E-state index in [1.54, 1.807) is 6.20 Å². The topological polar surface area (TPSA) is 48.0 Å². The van der Waals surface area contributed by atoms with Gasteiger partial charge in [0.25, 0.3) is 0 Å². The van der Waals surface area contributed by atoms with Crippen molar-refractivity contribution >= 4 is 27.3 Å². The number of nitrogens with zero attached hydrogens (tertiary/aromatic N) is 1. The van der Waals surface area contributed by atoms with Gasteiger partial charge in [0.05, 0.1) is 11.7 Å². The minimum absolute atomic E-state index is 0.161. The van der Waals surface area contributed by atoms with Gasteiger partial charge in [0.15, 0.2) is 0 Å². The van der Waals surface area contributed by atoms with Crippen LogP contribution < -0.4 is 4.72 Å². The molecular formula is C8H9BrN2OS. The van der Waals surface area contributed by atoms with E-state index in [1.165, 1.54) is 0 Å². The van der Waals surface area contributed by atoms with Crippen LogP contribution in [-0.4, -0.2) is 15.3 Å². The molecule has 0 saturated carbocycles. The molecule has 1 saturated heterocycles. The molecule has 0 aliphatic carbocycles. The fourth-order valence-electron chi connectivity index (χ4n) is 1.30. The van der Waals surface area contributed by atoms with E-state index in [2.05, 4.69) is 25.6 Å². The van der Waals surface area contributed by atoms with Crippen LogP contribution in [0.2, 0.25) is 0 Å². The fourth-order valence-corrected chi connectivity index (χ4v) is 2.66. The molecule has 13 heavy (non-hydrogen) atoms. The van der Waals surface area contributed by atoms with Gasteiger partial charge in [-0.3, -0.25) is 4.98 Å². The van der Waals surface area contributed by atoms with Gasteiger partial charge in [0.2, 0.25) is 0 Å². The zero-order chi connectivity index (χ0) is 9.26. The number of rotatable bonds is 1. The molecule has 0 aromatic carbocycles. The Kier molecular flexibility index (Phi) is 2.88. The third kappa shape index (κ3) is 2.22. The van der Waals surface area contributed by atoms with Crippen molar-refractivity contribution in [3.63, 3.8) is 0 Å². The third-order valence-corrected chi connectivity index (χ3v) is 3.60. The lowest BCUT2D eigenvalue weighted by Crippen LogP contribution is -2.20. The minimum atomic E-state index is -0.860. The van der Waals surface area contributed by atoms with Crippen LogP contribution >= 0.6 is 15.9 Å². The molecule has 2 heterocycles. The molecule has 1 aromatic heterocycles. The zero-order valence-electron chi connectivity index (χ0n) is 6.87. The van der Waals surface area contributed by atoms with E-state index in [9.17, 15) is 4.55 Å². The van der Waals surface area contributed by atoms with Crippen molar-refractivity contribution in [2.75, 3.05) is 5.75 Å². The molecule has 1 aliphatic heterocycles. The Balaban J connectivity index is 2.13. The van der Waals surface area contributed by atoms with Gasteiger partial charge in [0, 0.05) is 28.5 Å². The van der Waals surface area contributed by atoms with Crippen LogP contribution in [0.25, 0.3) is 0 Å². The number of pyridine rings is 1. The lowest BCUT2D eigenvalue weighted by molar-refractivity contribution is 0.582. The molecule has 5 heteroatoms. The van der Waals surface area contributed by atoms with Gasteiger partial charge in [-0.15, -0.1) is 4.72 Å². The SMILES string of the molecule is [O-][S+]1CCC(c2ccc(Br)cn2)N1. The van der Waals surface area contributed by atoms with E-state index in [1.807, 2.05) is 12.1 Å². The summed E-state index contributed by atoms with van der Waals surface area (Å²) in [6, 6.07) is 4.06. The second-order valence-corrected chi connectivity index (χ2v) is 5.16. The van der Waals surface area contributed by atoms with Crippen molar-refractivity contribution in [2.24, 2.45) is 0 Å². The molecule has 1 fully saturated rings. The Morgan fingerprint density at radius 2 is 2.46 bits per heavy atom. The zero-order valence-corrected chi connectivity index (χ0v) is 9.27. The van der Waals surface area contributed by atoms with Crippen molar-refractivity contribution in [2.45, 2.75) is 12.5 Å². The number of hydrogen-bond donors (Lipinski definition) is 1. The standard InChI is InChI=1S/C8H9BrN2OS/c9-6-1-2-7(10-5-6)8-3-4-13(12)11-8/h1-2,5,8,11H,3-4H2. The summed E-state index contributed by atoms with van der Waals surface area (Å²) >= 11 is 2.46. The van der Waals surface area contributed by atoms with Gasteiger partial charge in [-0.1, -0.05) is 0 Å². The van der Waals surface area contributed by atoms with Crippen LogP contribution in [0.5, 0.6) is 0 Å². The van der Waals surface area contributed by atoms with Crippen LogP contribution in [0.4, 0.5) is 0 Å². The van der Waals surface area contributed by atoms with Crippen LogP contribution in [-0.2, 0) is 11.4 Å². The molecule has 0 spiro atoms. The normalized spacial score (nSPS) is 27.8. The summed E-state index contributed by atoms with van der Waals surface area (Å²) < 4.78 is 15.0. The molecule has 2 unspecified atom stereocenters. The summed E-state index contributed by atoms with van der Waals surface area (Å²) in [6.07, 6.45) is 2.67. The second kappa shape index (κ2) is 3.96. The predicted molar refractivity (Wildman–Crippen MR) is 55.4 cm³/mol. The summed E-state index contributed by atoms with van der Waals surface area (Å²) in [6.45, 7) is 0. The van der Waals surface area contributed by atoms with Gasteiger partial charge in [-0.25, -0.2) is 0 Å². The molecular weight excluding hydrogens is 252 g/mol. The van der Waals surface area contributed by atoms with E-state index >= 15 is 0 Å². The monoisotopic (exact) mass is 260 g/mol. The maximum atomic E-state index is 11.1. The molecule has 0 amide bonds. The number of hydrogen-bond acceptors (Lipinski definition) is 3. The first-order valence-corrected chi connectivity index (χ1v) is 6.13. The van der Waals surface area contributed by atoms with Crippen LogP contribution in [0.3, 0.4) is 0 Å². The number of halogens is 1. The first kappa shape index (κ1) is 9.45. The Hall–Kier alpha value is -0.100. The summed E-state index contributed by atoms with van der Waals surface area (Å²) in [5.74, 6) is 0.725. The quantitative estimate of drug-likeness (QED) is 0.780. The average Bonchev–Trinajstić information content (AvgIpc) is 2.53. The maximum absolute atomic E-state index is 11.1. The van der Waals surface area contributed by atoms with Crippen LogP contribution in [0.1, 0.15) is 18.2 Å². The van der Waals surface area contributed by atoms with Crippen molar-refractivity contribution in [3.05, 3.63) is 28.5 Å². The molecule has 3 nitrogen and oxygen atoms in total. The first-order valence-electron chi connectivity index (χ1n) is 4.02. The van der Waals surface area contributed by atoms with Crippen molar-refractivity contribution in [1.29, 1.82) is 0 Å². The second-order valence-electron chi connectivity index (χ2n) is 2.91. The summed E-state index contributed by atoms with van der Waals surface area (Å²) in [5, 5.41) is 0. The summed E-state index contributed by atoms with van der Waals surface area (Å²) in [4.78, 5) is 4.25. The molecule has 1 N–H and O–H groups in total. The Morgan fingerprint density at radius 1 is 1.62 bits per heavy atom. The van der Waals surface area contributed by atoms with E-state index in [0.717, 1.165) is 22.3 Å². The minimum Gasteiger partial charge on any atom is -0.598 e. The largest absolute Gasteiger partial charge is 0.598 e. The van der Waals surface area contributed by atoms with E-state index in [0.29, 0.717) is 0 Å². The smallest absolute Gasteiger partial charge is 0.127 e. The van der Waals surface area contributed by atoms with Gasteiger partial charge in [0.1, 0.15) is 5.75 Å². The lowest BCUT2D eigenvalue weighted by Gasteiger charge is -2.07. The molecule has 1 aliphatic rings. The molecule has 2 atom stereocenters. The highest BCUT2D eigenvalue weighted by molar-refractivity contribution is 9.10. The molecule has 1 aromatic rings. The van der Waals surface area contributed by atoms with E-state index in [4.69, 9.17) is 0 Å². The highest BCUT2D eigenvalue weighted by Gasteiger charge is 2.27. The van der Waals surface area contributed by atoms with Gasteiger partial charge in [-0.05, 0) is 28.1 Å². The lowest BCUT2D eigenvalue weighted by atomic mass is 10.1. The van der Waals surface area contributed by atoms with Crippen LogP contribution in [0, 0.1) is 0 Å². The highest BCUT2D eigenvalue weighted by Crippen LogP contribution is 2.22. The van der Waals surface area contributed by atoms with Gasteiger partial charge < -0.3 is 4.55 Å². The number of aromatic nitrogens is 1. The molecule has 2 rings (SSSR count). The van der Waals surface area contributed by atoms with Gasteiger partial charge >= 0.3 is 0 Å². The summed E-state index contributed by atoms with van der Waals surface area (Å²) in [7, 11) is 0. The van der Waals surface area contributed by atoms with Crippen LogP contribution in [0.15, 0.2) is 22.8 Å². The molecule has 0 bridgehead atoms. The Labute approximate surface area is 88.4 Å². The van der Waals surface area contributed by atoms with E-state index < -0.39 is 11.4 Å². The molecule has 0 radical (unpaired) electrons. The Morgan fingerprint density at radius 3 is 3.00 bits per heavy atom. The number of nitrogens with one attached hydrogen (secondary N) is 1. The van der Waals surface area contributed by atoms with E-state index in [-0.39, 0.29) is 6.04 Å². The third-order valence-electron chi connectivity index (χ3n) is 1.97. The van der Waals surface area contributed by atoms with Crippen molar-refractivity contribution < 1.29 is 4.55 Å². The first-order chi connectivity index (χ1) is 6.25. The fraction of sp³-hybridized carbons (Fsp3) is 0.375. The predicted octanol–water partition coefficient (Wildman–Crippen LogP) is 1.54. The summed E-state index contributed by atoms with van der Waals surface area (Å²) in [5.41, 5.74) is 0.967. The highest BCUT2D eigenvalue weighted by atomic mass is 79.9. The molecule has 70 valence electrons. The van der Waals surface area contributed by atoms with Crippen molar-refractivity contribution in [3.8, 4) is 0 Å². The average molecular weight is 261 g/mol. The maximum Gasteiger partial charge on any atom is 0.127 e. The van der Waals surface area contributed by atoms with Crippen molar-refractivity contribution in [1.82, 2.24) is 9.71 Å². The van der Waals surface area contributed by atoms with Gasteiger partial charge in [-0.2, -0.15) is 0 Å². The Bertz CT molecular complexity index is 293.